The van der Waals surface area contributed by atoms with Gasteiger partial charge in [0.25, 0.3) is 5.91 Å². The maximum absolute atomic E-state index is 11.5. The van der Waals surface area contributed by atoms with Crippen molar-refractivity contribution in [3.05, 3.63) is 24.3 Å². The fourth-order valence-corrected chi connectivity index (χ4v) is 1.63. The summed E-state index contributed by atoms with van der Waals surface area (Å²) in [6.45, 7) is 0. The Morgan fingerprint density at radius 3 is 3.00 bits per heavy atom. The first-order valence-electron chi connectivity index (χ1n) is 4.48. The maximum Gasteiger partial charge on any atom is 0.265 e. The number of carbonyl (C=O) groups excluding carboxylic acids is 1. The van der Waals surface area contributed by atoms with Crippen LogP contribution >= 0.6 is 12.6 Å². The third kappa shape index (κ3) is 1.70. The van der Waals surface area contributed by atoms with Crippen molar-refractivity contribution >= 4 is 24.2 Å². The largest absolute Gasteiger partial charge is 0.478 e. The maximum atomic E-state index is 11.5. The third-order valence-corrected chi connectivity index (χ3v) is 2.36. The summed E-state index contributed by atoms with van der Waals surface area (Å²) in [5.41, 5.74) is 0.743. The number of thiol groups is 1. The molecule has 1 heterocycles. The van der Waals surface area contributed by atoms with Gasteiger partial charge in [0, 0.05) is 6.42 Å². The minimum atomic E-state index is -0.401. The van der Waals surface area contributed by atoms with Crippen molar-refractivity contribution in [2.45, 2.75) is 12.5 Å². The van der Waals surface area contributed by atoms with Gasteiger partial charge in [0.1, 0.15) is 5.75 Å². The summed E-state index contributed by atoms with van der Waals surface area (Å²) in [5, 5.41) is 2.80. The zero-order valence-corrected chi connectivity index (χ0v) is 8.46. The number of hydrogen-bond acceptors (Lipinski definition) is 3. The number of anilines is 1. The predicted octanol–water partition coefficient (Wildman–Crippen LogP) is 1.71. The van der Waals surface area contributed by atoms with E-state index < -0.39 is 6.10 Å². The van der Waals surface area contributed by atoms with Crippen LogP contribution in [0.5, 0.6) is 5.75 Å². The molecule has 1 aromatic rings. The smallest absolute Gasteiger partial charge is 0.265 e. The zero-order valence-electron chi connectivity index (χ0n) is 7.56. The van der Waals surface area contributed by atoms with E-state index in [-0.39, 0.29) is 5.91 Å². The highest BCUT2D eigenvalue weighted by molar-refractivity contribution is 7.80. The minimum absolute atomic E-state index is 0.0854. The lowest BCUT2D eigenvalue weighted by Gasteiger charge is -2.25. The van der Waals surface area contributed by atoms with Crippen molar-refractivity contribution in [1.29, 1.82) is 0 Å². The van der Waals surface area contributed by atoms with E-state index in [9.17, 15) is 4.79 Å². The molecule has 74 valence electrons. The Hall–Kier alpha value is -1.16. The van der Waals surface area contributed by atoms with Crippen LogP contribution in [0.25, 0.3) is 0 Å². The lowest BCUT2D eigenvalue weighted by molar-refractivity contribution is -0.123. The molecule has 1 aliphatic rings. The number of rotatable bonds is 2. The molecule has 0 fully saturated rings. The van der Waals surface area contributed by atoms with Gasteiger partial charge in [-0.3, -0.25) is 4.79 Å². The molecule has 1 aliphatic heterocycles. The fourth-order valence-electron chi connectivity index (χ4n) is 1.40. The van der Waals surface area contributed by atoms with Crippen LogP contribution in [0.2, 0.25) is 0 Å². The van der Waals surface area contributed by atoms with Crippen LogP contribution in [-0.4, -0.2) is 17.8 Å². The van der Waals surface area contributed by atoms with E-state index >= 15 is 0 Å². The van der Waals surface area contributed by atoms with E-state index in [1.165, 1.54) is 0 Å². The van der Waals surface area contributed by atoms with Crippen molar-refractivity contribution in [2.75, 3.05) is 11.1 Å². The molecule has 14 heavy (non-hydrogen) atoms. The van der Waals surface area contributed by atoms with Gasteiger partial charge in [-0.2, -0.15) is 12.6 Å². The lowest BCUT2D eigenvalue weighted by Crippen LogP contribution is -2.37. The van der Waals surface area contributed by atoms with Crippen LogP contribution in [0, 0.1) is 0 Å². The van der Waals surface area contributed by atoms with Crippen molar-refractivity contribution in [3.8, 4) is 5.75 Å². The van der Waals surface area contributed by atoms with Crippen LogP contribution < -0.4 is 10.1 Å². The van der Waals surface area contributed by atoms with Gasteiger partial charge >= 0.3 is 0 Å². The van der Waals surface area contributed by atoms with E-state index in [1.54, 1.807) is 0 Å². The summed E-state index contributed by atoms with van der Waals surface area (Å²) in [6.07, 6.45) is 0.228. The summed E-state index contributed by atoms with van der Waals surface area (Å²) < 4.78 is 5.52. The number of amides is 1. The Kier molecular flexibility index (Phi) is 2.63. The lowest BCUT2D eigenvalue weighted by atomic mass is 10.2. The number of ether oxygens (including phenoxy) is 1. The van der Waals surface area contributed by atoms with Gasteiger partial charge < -0.3 is 10.1 Å². The second kappa shape index (κ2) is 3.92. The number of hydrogen-bond donors (Lipinski definition) is 2. The van der Waals surface area contributed by atoms with E-state index in [1.807, 2.05) is 24.3 Å². The average Bonchev–Trinajstić information content (AvgIpc) is 2.19. The van der Waals surface area contributed by atoms with E-state index in [4.69, 9.17) is 4.74 Å². The first kappa shape index (κ1) is 9.40. The number of carbonyl (C=O) groups is 1. The predicted molar refractivity (Wildman–Crippen MR) is 58.0 cm³/mol. The monoisotopic (exact) mass is 209 g/mol. The number of para-hydroxylation sites is 2. The van der Waals surface area contributed by atoms with Gasteiger partial charge in [0.05, 0.1) is 5.69 Å². The molecule has 0 bridgehead atoms. The zero-order chi connectivity index (χ0) is 9.97. The second-order valence-electron chi connectivity index (χ2n) is 3.10. The van der Waals surface area contributed by atoms with E-state index in [0.717, 1.165) is 11.4 Å². The van der Waals surface area contributed by atoms with Gasteiger partial charge in [-0.05, 0) is 17.9 Å². The fraction of sp³-hybridized carbons (Fsp3) is 0.300. The average molecular weight is 209 g/mol. The standard InChI is InChI=1S/C10H11NO2S/c12-10-9(5-6-14)13-8-4-2-1-3-7(8)11-10/h1-4,9,14H,5-6H2,(H,11,12). The van der Waals surface area contributed by atoms with Crippen molar-refractivity contribution in [2.24, 2.45) is 0 Å². The Morgan fingerprint density at radius 2 is 2.21 bits per heavy atom. The minimum Gasteiger partial charge on any atom is -0.478 e. The van der Waals surface area contributed by atoms with Gasteiger partial charge in [-0.25, -0.2) is 0 Å². The molecule has 0 radical (unpaired) electrons. The molecule has 0 spiro atoms. The quantitative estimate of drug-likeness (QED) is 0.728. The van der Waals surface area contributed by atoms with Crippen molar-refractivity contribution in [3.63, 3.8) is 0 Å². The second-order valence-corrected chi connectivity index (χ2v) is 3.55. The number of fused-ring (bicyclic) bond motifs is 1. The van der Waals surface area contributed by atoms with Gasteiger partial charge in [-0.1, -0.05) is 12.1 Å². The molecule has 0 aliphatic carbocycles. The number of benzene rings is 1. The Bertz CT molecular complexity index is 354. The highest BCUT2D eigenvalue weighted by Gasteiger charge is 2.26. The molecule has 4 heteroatoms. The van der Waals surface area contributed by atoms with Gasteiger partial charge in [0.2, 0.25) is 0 Å². The van der Waals surface area contributed by atoms with Crippen LogP contribution in [0.1, 0.15) is 6.42 Å². The van der Waals surface area contributed by atoms with Crippen molar-refractivity contribution in [1.82, 2.24) is 0 Å². The molecular formula is C10H11NO2S. The summed E-state index contributed by atoms with van der Waals surface area (Å²) in [6, 6.07) is 7.42. The first-order valence-corrected chi connectivity index (χ1v) is 5.12. The first-order chi connectivity index (χ1) is 6.81. The van der Waals surface area contributed by atoms with Crippen LogP contribution in [-0.2, 0) is 4.79 Å². The molecule has 1 amide bonds. The SMILES string of the molecule is O=C1Nc2ccccc2OC1CCS. The molecule has 2 rings (SSSR count). The Labute approximate surface area is 87.9 Å². The van der Waals surface area contributed by atoms with Crippen LogP contribution in [0.15, 0.2) is 24.3 Å². The Balaban J connectivity index is 2.22. The van der Waals surface area contributed by atoms with Crippen molar-refractivity contribution < 1.29 is 9.53 Å². The highest BCUT2D eigenvalue weighted by atomic mass is 32.1. The normalized spacial score (nSPS) is 19.5. The van der Waals surface area contributed by atoms with Crippen LogP contribution in [0.4, 0.5) is 5.69 Å². The van der Waals surface area contributed by atoms with Gasteiger partial charge in [-0.15, -0.1) is 0 Å². The molecule has 0 saturated heterocycles. The molecule has 0 saturated carbocycles. The summed E-state index contributed by atoms with van der Waals surface area (Å²) in [5.74, 6) is 1.29. The molecule has 0 aromatic heterocycles. The van der Waals surface area contributed by atoms with Crippen LogP contribution in [0.3, 0.4) is 0 Å². The van der Waals surface area contributed by atoms with Gasteiger partial charge in [0.15, 0.2) is 6.10 Å². The summed E-state index contributed by atoms with van der Waals surface area (Å²) in [7, 11) is 0. The number of nitrogens with one attached hydrogen (secondary N) is 1. The molecule has 1 unspecified atom stereocenters. The topological polar surface area (TPSA) is 38.3 Å². The van der Waals surface area contributed by atoms with E-state index in [0.29, 0.717) is 12.2 Å². The molecular weight excluding hydrogens is 198 g/mol. The summed E-state index contributed by atoms with van der Waals surface area (Å²) in [4.78, 5) is 11.5. The molecule has 1 aromatic carbocycles. The molecule has 3 nitrogen and oxygen atoms in total. The summed E-state index contributed by atoms with van der Waals surface area (Å²) >= 11 is 4.08. The molecule has 1 atom stereocenters. The highest BCUT2D eigenvalue weighted by Crippen LogP contribution is 2.29. The van der Waals surface area contributed by atoms with E-state index in [2.05, 4.69) is 17.9 Å². The Morgan fingerprint density at radius 1 is 1.43 bits per heavy atom. The third-order valence-electron chi connectivity index (χ3n) is 2.10. The molecule has 1 N–H and O–H groups in total.